The van der Waals surface area contributed by atoms with Crippen molar-refractivity contribution >= 4 is 28.8 Å². The molecule has 214 valence electrons. The van der Waals surface area contributed by atoms with Crippen LogP contribution in [0.3, 0.4) is 0 Å². The number of ketones is 1. The molecular weight excluding hydrogens is 549 g/mol. The quantitative estimate of drug-likeness (QED) is 0.317. The molecule has 12 heteroatoms. The Kier molecular flexibility index (Phi) is 7.20. The van der Waals surface area contributed by atoms with E-state index in [-0.39, 0.29) is 41.9 Å². The normalized spacial score (nSPS) is 19.1. The number of thiazole rings is 1. The number of fused-ring (bicyclic) bond motifs is 1. The molecule has 0 bridgehead atoms. The van der Waals surface area contributed by atoms with Crippen molar-refractivity contribution in [3.8, 4) is 16.5 Å². The molecule has 1 saturated carbocycles. The van der Waals surface area contributed by atoms with Crippen molar-refractivity contribution in [2.45, 2.75) is 58.3 Å². The highest BCUT2D eigenvalue weighted by molar-refractivity contribution is 7.15. The maximum atomic E-state index is 14.0. The molecule has 2 fully saturated rings. The Morgan fingerprint density at radius 3 is 2.66 bits per heavy atom. The van der Waals surface area contributed by atoms with Gasteiger partial charge in [-0.3, -0.25) is 14.4 Å². The standard InChI is InChI=1S/C29H30FN5O5S/c1-16-13-34(14-17(2)40-16)24(37)15-33-7-8-35-28(39)26(38)25(32-29(33)35)27-31-12-21(41-27)10-19-5-6-20(30)11-22(19)23(36)9-18-3-4-18/h5-8,11-12,16-18,38H,3-4,9-10,13-15H2,1-2H3/t16-,17-/m0/s1. The number of carbonyl (C=O) groups excluding carboxylic acids is 2. The molecule has 4 aromatic rings. The number of imidazole rings is 1. The van der Waals surface area contributed by atoms with E-state index in [4.69, 9.17) is 4.74 Å². The number of morpholine rings is 1. The molecular formula is C29H30FN5O5S. The summed E-state index contributed by atoms with van der Waals surface area (Å²) in [6, 6.07) is 4.24. The highest BCUT2D eigenvalue weighted by atomic mass is 32.1. The Morgan fingerprint density at radius 2 is 1.93 bits per heavy atom. The van der Waals surface area contributed by atoms with Crippen molar-refractivity contribution in [1.82, 2.24) is 23.8 Å². The molecule has 1 aliphatic heterocycles. The van der Waals surface area contributed by atoms with Gasteiger partial charge in [-0.25, -0.2) is 18.8 Å². The zero-order valence-corrected chi connectivity index (χ0v) is 23.6. The smallest absolute Gasteiger partial charge is 0.302 e. The van der Waals surface area contributed by atoms with Gasteiger partial charge in [-0.1, -0.05) is 6.07 Å². The van der Waals surface area contributed by atoms with E-state index >= 15 is 0 Å². The Balaban J connectivity index is 1.27. The number of amides is 1. The number of rotatable bonds is 8. The molecule has 0 spiro atoms. The molecule has 2 aliphatic rings. The number of aromatic hydroxyl groups is 1. The number of halogens is 1. The minimum Gasteiger partial charge on any atom is -0.501 e. The van der Waals surface area contributed by atoms with Gasteiger partial charge in [0.2, 0.25) is 17.4 Å². The predicted molar refractivity (Wildman–Crippen MR) is 150 cm³/mol. The van der Waals surface area contributed by atoms with Crippen molar-refractivity contribution in [3.63, 3.8) is 0 Å². The average Bonchev–Trinajstić information content (AvgIpc) is 3.47. The molecule has 4 heterocycles. The number of benzene rings is 1. The number of ether oxygens (including phenoxy) is 1. The van der Waals surface area contributed by atoms with Crippen LogP contribution in [0.25, 0.3) is 16.5 Å². The van der Waals surface area contributed by atoms with Crippen LogP contribution >= 0.6 is 11.3 Å². The lowest BCUT2D eigenvalue weighted by Crippen LogP contribution is -2.49. The maximum absolute atomic E-state index is 14.0. The number of Topliss-reactive ketones (excluding diaryl/α,β-unsaturated/α-hetero) is 1. The second kappa shape index (κ2) is 10.8. The van der Waals surface area contributed by atoms with Crippen molar-refractivity contribution in [2.24, 2.45) is 5.92 Å². The second-order valence-corrected chi connectivity index (χ2v) is 12.1. The molecule has 1 saturated heterocycles. The van der Waals surface area contributed by atoms with E-state index in [1.807, 2.05) is 13.8 Å². The van der Waals surface area contributed by atoms with E-state index in [1.165, 1.54) is 34.1 Å². The summed E-state index contributed by atoms with van der Waals surface area (Å²) < 4.78 is 22.5. The molecule has 1 N–H and O–H groups in total. The molecule has 3 aromatic heterocycles. The zero-order valence-electron chi connectivity index (χ0n) is 22.7. The summed E-state index contributed by atoms with van der Waals surface area (Å²) in [6.07, 6.45) is 7.31. The number of hydrogen-bond donors (Lipinski definition) is 1. The third kappa shape index (κ3) is 5.66. The van der Waals surface area contributed by atoms with E-state index in [0.29, 0.717) is 48.0 Å². The van der Waals surface area contributed by atoms with Gasteiger partial charge < -0.3 is 19.3 Å². The predicted octanol–water partition coefficient (Wildman–Crippen LogP) is 3.67. The summed E-state index contributed by atoms with van der Waals surface area (Å²) in [7, 11) is 0. The van der Waals surface area contributed by atoms with Crippen LogP contribution in [-0.4, -0.2) is 65.9 Å². The lowest BCUT2D eigenvalue weighted by atomic mass is 9.97. The molecule has 2 atom stereocenters. The molecule has 6 rings (SSSR count). The highest BCUT2D eigenvalue weighted by Crippen LogP contribution is 2.35. The van der Waals surface area contributed by atoms with Gasteiger partial charge in [0.05, 0.1) is 12.2 Å². The fraction of sp³-hybridized carbons (Fsp3) is 0.414. The summed E-state index contributed by atoms with van der Waals surface area (Å²) in [5, 5.41) is 11.0. The van der Waals surface area contributed by atoms with Gasteiger partial charge in [-0.2, -0.15) is 0 Å². The second-order valence-electron chi connectivity index (χ2n) is 10.9. The summed E-state index contributed by atoms with van der Waals surface area (Å²) in [6.45, 7) is 4.76. The van der Waals surface area contributed by atoms with Gasteiger partial charge in [-0.05, 0) is 50.3 Å². The topological polar surface area (TPSA) is 119 Å². The van der Waals surface area contributed by atoms with Crippen molar-refractivity contribution in [3.05, 3.63) is 69.0 Å². The van der Waals surface area contributed by atoms with Crippen molar-refractivity contribution in [1.29, 1.82) is 0 Å². The first-order valence-electron chi connectivity index (χ1n) is 13.7. The number of nitrogens with zero attached hydrogens (tertiary/aromatic N) is 5. The van der Waals surface area contributed by atoms with Crippen LogP contribution in [0, 0.1) is 11.7 Å². The lowest BCUT2D eigenvalue weighted by molar-refractivity contribution is -0.143. The summed E-state index contributed by atoms with van der Waals surface area (Å²) in [5.74, 6) is -0.622. The van der Waals surface area contributed by atoms with Crippen LogP contribution in [0.4, 0.5) is 4.39 Å². The van der Waals surface area contributed by atoms with Crippen molar-refractivity contribution < 1.29 is 23.8 Å². The molecule has 1 aromatic carbocycles. The fourth-order valence-corrected chi connectivity index (χ4v) is 6.23. The van der Waals surface area contributed by atoms with E-state index in [2.05, 4.69) is 9.97 Å². The molecule has 1 aliphatic carbocycles. The van der Waals surface area contributed by atoms with Gasteiger partial charge in [-0.15, -0.1) is 11.3 Å². The Labute approximate surface area is 239 Å². The zero-order chi connectivity index (χ0) is 28.8. The van der Waals surface area contributed by atoms with Gasteiger partial charge >= 0.3 is 5.56 Å². The molecule has 0 radical (unpaired) electrons. The van der Waals surface area contributed by atoms with E-state index in [1.54, 1.807) is 27.9 Å². The van der Waals surface area contributed by atoms with Gasteiger partial charge in [0.1, 0.15) is 17.4 Å². The van der Waals surface area contributed by atoms with E-state index < -0.39 is 17.1 Å². The van der Waals surface area contributed by atoms with Crippen LogP contribution in [0.2, 0.25) is 0 Å². The first kappa shape index (κ1) is 27.3. The first-order valence-corrected chi connectivity index (χ1v) is 14.5. The van der Waals surface area contributed by atoms with Crippen LogP contribution in [-0.2, 0) is 22.5 Å². The number of aromatic nitrogens is 4. The Hall–Kier alpha value is -3.90. The Morgan fingerprint density at radius 1 is 1.17 bits per heavy atom. The van der Waals surface area contributed by atoms with E-state index in [0.717, 1.165) is 17.7 Å². The monoisotopic (exact) mass is 579 g/mol. The van der Waals surface area contributed by atoms with Crippen molar-refractivity contribution in [2.75, 3.05) is 13.1 Å². The average molecular weight is 580 g/mol. The van der Waals surface area contributed by atoms with Gasteiger partial charge in [0, 0.05) is 55.0 Å². The number of hydrogen-bond acceptors (Lipinski definition) is 8. The first-order chi connectivity index (χ1) is 19.7. The van der Waals surface area contributed by atoms with Crippen LogP contribution < -0.4 is 5.56 Å². The largest absolute Gasteiger partial charge is 0.501 e. The summed E-state index contributed by atoms with van der Waals surface area (Å²) in [5.41, 5.74) is 0.405. The van der Waals surface area contributed by atoms with Gasteiger partial charge in [0.15, 0.2) is 11.5 Å². The molecule has 0 unspecified atom stereocenters. The third-order valence-corrected chi connectivity index (χ3v) is 8.47. The molecule has 1 amide bonds. The number of carbonyl (C=O) groups is 2. The summed E-state index contributed by atoms with van der Waals surface area (Å²) in [4.78, 5) is 50.3. The van der Waals surface area contributed by atoms with Crippen LogP contribution in [0.1, 0.15) is 53.9 Å². The lowest BCUT2D eigenvalue weighted by Gasteiger charge is -2.35. The maximum Gasteiger partial charge on any atom is 0.302 e. The minimum atomic E-state index is -0.673. The van der Waals surface area contributed by atoms with Gasteiger partial charge in [0.25, 0.3) is 0 Å². The Bertz CT molecular complexity index is 1700. The SMILES string of the molecule is C[C@H]1CN(C(=O)Cn2ccn3c(=O)c(O)c(-c4ncc(Cc5ccc(F)cc5C(=O)CC5CC5)s4)nc23)C[C@H](C)O1. The molecule has 10 nitrogen and oxygen atoms in total. The van der Waals surface area contributed by atoms with E-state index in [9.17, 15) is 23.9 Å². The molecule has 41 heavy (non-hydrogen) atoms. The third-order valence-electron chi connectivity index (χ3n) is 7.47. The minimum absolute atomic E-state index is 0.0106. The van der Waals surface area contributed by atoms with Crippen LogP contribution in [0.15, 0.2) is 41.6 Å². The summed E-state index contributed by atoms with van der Waals surface area (Å²) >= 11 is 1.22. The highest BCUT2D eigenvalue weighted by Gasteiger charge is 2.28. The fourth-order valence-electron chi connectivity index (χ4n) is 5.31. The van der Waals surface area contributed by atoms with Crippen LogP contribution in [0.5, 0.6) is 5.75 Å².